The molecule has 1 aliphatic heterocycles. The van der Waals surface area contributed by atoms with E-state index in [1.54, 1.807) is 6.92 Å². The standard InChI is InChI=1S/C17H17F3N4O4S/c1-2-27-16(26)28-15-22-21-14(29-15)24-9-7-23(8-10-24)13(25)11-5-3-4-6-12(11)17(18,19)20/h3-6H,2,7-10H2,1H3. The van der Waals surface area contributed by atoms with Gasteiger partial charge < -0.3 is 19.3 Å². The van der Waals surface area contributed by atoms with Gasteiger partial charge in [0, 0.05) is 26.2 Å². The van der Waals surface area contributed by atoms with Crippen molar-refractivity contribution in [2.24, 2.45) is 0 Å². The molecule has 1 fully saturated rings. The van der Waals surface area contributed by atoms with E-state index >= 15 is 0 Å². The average Bonchev–Trinajstić information content (AvgIpc) is 3.15. The monoisotopic (exact) mass is 430 g/mol. The van der Waals surface area contributed by atoms with Gasteiger partial charge in [0.05, 0.1) is 17.7 Å². The maximum Gasteiger partial charge on any atom is 0.515 e. The first-order valence-corrected chi connectivity index (χ1v) is 9.49. The van der Waals surface area contributed by atoms with E-state index < -0.39 is 23.8 Å². The first-order valence-electron chi connectivity index (χ1n) is 8.68. The fourth-order valence-electron chi connectivity index (χ4n) is 2.78. The summed E-state index contributed by atoms with van der Waals surface area (Å²) in [6, 6.07) is 4.74. The number of halogens is 3. The highest BCUT2D eigenvalue weighted by Gasteiger charge is 2.36. The third-order valence-corrected chi connectivity index (χ3v) is 4.99. The molecule has 0 unspecified atom stereocenters. The van der Waals surface area contributed by atoms with Crippen molar-refractivity contribution in [1.82, 2.24) is 15.1 Å². The number of alkyl halides is 3. The van der Waals surface area contributed by atoms with Crippen LogP contribution in [0.5, 0.6) is 5.19 Å². The van der Waals surface area contributed by atoms with Crippen LogP contribution in [-0.2, 0) is 10.9 Å². The van der Waals surface area contributed by atoms with E-state index in [1.165, 1.54) is 23.1 Å². The zero-order valence-corrected chi connectivity index (χ0v) is 16.1. The van der Waals surface area contributed by atoms with Crippen LogP contribution in [0.1, 0.15) is 22.8 Å². The summed E-state index contributed by atoms with van der Waals surface area (Å²) in [5.41, 5.74) is -1.31. The number of hydrogen-bond acceptors (Lipinski definition) is 8. The number of anilines is 1. The van der Waals surface area contributed by atoms with E-state index in [9.17, 15) is 22.8 Å². The third-order valence-electron chi connectivity index (χ3n) is 4.13. The summed E-state index contributed by atoms with van der Waals surface area (Å²) < 4.78 is 49.0. The van der Waals surface area contributed by atoms with Crippen LogP contribution in [0.3, 0.4) is 0 Å². The number of nitrogens with zero attached hydrogens (tertiary/aromatic N) is 4. The third kappa shape index (κ3) is 4.94. The van der Waals surface area contributed by atoms with Crippen LogP contribution < -0.4 is 9.64 Å². The molecule has 1 amide bonds. The lowest BCUT2D eigenvalue weighted by Crippen LogP contribution is -2.49. The lowest BCUT2D eigenvalue weighted by molar-refractivity contribution is -0.138. The summed E-state index contributed by atoms with van der Waals surface area (Å²) in [5, 5.41) is 8.19. The number of amides is 1. The molecular weight excluding hydrogens is 413 g/mol. The Morgan fingerprint density at radius 1 is 1.14 bits per heavy atom. The smallest absolute Gasteiger partial charge is 0.434 e. The van der Waals surface area contributed by atoms with Crippen molar-refractivity contribution in [3.8, 4) is 5.19 Å². The van der Waals surface area contributed by atoms with Crippen molar-refractivity contribution >= 4 is 28.5 Å². The maximum atomic E-state index is 13.2. The molecule has 8 nitrogen and oxygen atoms in total. The minimum Gasteiger partial charge on any atom is -0.434 e. The minimum absolute atomic E-state index is 0.0241. The minimum atomic E-state index is -4.60. The Bertz CT molecular complexity index is 882. The van der Waals surface area contributed by atoms with Crippen LogP contribution in [0.4, 0.5) is 23.1 Å². The Labute approximate surface area is 167 Å². The number of hydrogen-bond donors (Lipinski definition) is 0. The zero-order chi connectivity index (χ0) is 21.0. The molecule has 0 bridgehead atoms. The molecule has 0 radical (unpaired) electrons. The van der Waals surface area contributed by atoms with Gasteiger partial charge in [0.1, 0.15) is 0 Å². The summed E-state index contributed by atoms with van der Waals surface area (Å²) in [7, 11) is 0. The highest BCUT2D eigenvalue weighted by molar-refractivity contribution is 7.17. The first kappa shape index (κ1) is 20.8. The summed E-state index contributed by atoms with van der Waals surface area (Å²) in [5.74, 6) is -0.666. The van der Waals surface area contributed by atoms with Crippen molar-refractivity contribution in [3.05, 3.63) is 35.4 Å². The van der Waals surface area contributed by atoms with E-state index in [4.69, 9.17) is 4.74 Å². The molecule has 12 heteroatoms. The van der Waals surface area contributed by atoms with E-state index in [1.807, 2.05) is 4.90 Å². The van der Waals surface area contributed by atoms with Crippen LogP contribution in [0.25, 0.3) is 0 Å². The van der Waals surface area contributed by atoms with Crippen LogP contribution in [-0.4, -0.2) is 59.9 Å². The largest absolute Gasteiger partial charge is 0.515 e. The van der Waals surface area contributed by atoms with Gasteiger partial charge >= 0.3 is 17.5 Å². The van der Waals surface area contributed by atoms with Crippen LogP contribution in [0, 0.1) is 0 Å². The Hall–Kier alpha value is -2.89. The van der Waals surface area contributed by atoms with Crippen molar-refractivity contribution in [2.75, 3.05) is 37.7 Å². The number of piperazine rings is 1. The van der Waals surface area contributed by atoms with Gasteiger partial charge in [0.25, 0.3) is 5.91 Å². The lowest BCUT2D eigenvalue weighted by Gasteiger charge is -2.34. The van der Waals surface area contributed by atoms with Gasteiger partial charge in [0.2, 0.25) is 5.13 Å². The highest BCUT2D eigenvalue weighted by atomic mass is 32.1. The molecule has 2 heterocycles. The van der Waals surface area contributed by atoms with Gasteiger partial charge in [-0.3, -0.25) is 4.79 Å². The molecule has 156 valence electrons. The average molecular weight is 430 g/mol. The quantitative estimate of drug-likeness (QED) is 0.690. The van der Waals surface area contributed by atoms with E-state index in [0.717, 1.165) is 17.4 Å². The van der Waals surface area contributed by atoms with Crippen molar-refractivity contribution in [3.63, 3.8) is 0 Å². The molecular formula is C17H17F3N4O4S. The molecule has 0 aliphatic carbocycles. The second-order valence-corrected chi connectivity index (χ2v) is 6.88. The topological polar surface area (TPSA) is 84.9 Å². The van der Waals surface area contributed by atoms with Gasteiger partial charge in [0.15, 0.2) is 0 Å². The van der Waals surface area contributed by atoms with Crippen molar-refractivity contribution in [2.45, 2.75) is 13.1 Å². The zero-order valence-electron chi connectivity index (χ0n) is 15.3. The van der Waals surface area contributed by atoms with Gasteiger partial charge in [-0.25, -0.2) is 4.79 Å². The van der Waals surface area contributed by atoms with Crippen LogP contribution in [0.15, 0.2) is 24.3 Å². The van der Waals surface area contributed by atoms with Crippen molar-refractivity contribution in [1.29, 1.82) is 0 Å². The summed E-state index contributed by atoms with van der Waals surface area (Å²) in [6.07, 6.45) is -5.48. The molecule has 0 spiro atoms. The SMILES string of the molecule is CCOC(=O)Oc1nnc(N2CCN(C(=O)c3ccccc3C(F)(F)F)CC2)s1. The Morgan fingerprint density at radius 3 is 2.48 bits per heavy atom. The first-order chi connectivity index (χ1) is 13.8. The van der Waals surface area contributed by atoms with Gasteiger partial charge in [-0.05, 0) is 30.4 Å². The predicted molar refractivity (Wildman–Crippen MR) is 97.1 cm³/mol. The molecule has 1 aromatic carbocycles. The fourth-order valence-corrected chi connectivity index (χ4v) is 3.52. The summed E-state index contributed by atoms with van der Waals surface area (Å²) in [6.45, 7) is 2.96. The Kier molecular flexibility index (Phi) is 6.20. The number of carbonyl (C=O) groups is 2. The number of ether oxygens (including phenoxy) is 2. The molecule has 0 N–H and O–H groups in total. The molecule has 2 aromatic rings. The van der Waals surface area contributed by atoms with Crippen LogP contribution >= 0.6 is 11.3 Å². The number of aromatic nitrogens is 2. The van der Waals surface area contributed by atoms with Crippen LogP contribution in [0.2, 0.25) is 0 Å². The molecule has 1 aliphatic rings. The van der Waals surface area contributed by atoms with Gasteiger partial charge in [-0.2, -0.15) is 13.2 Å². The lowest BCUT2D eigenvalue weighted by atomic mass is 10.1. The van der Waals surface area contributed by atoms with Crippen molar-refractivity contribution < 1.29 is 32.2 Å². The maximum absolute atomic E-state index is 13.2. The summed E-state index contributed by atoms with van der Waals surface area (Å²) >= 11 is 1.03. The van der Waals surface area contributed by atoms with Gasteiger partial charge in [-0.1, -0.05) is 17.2 Å². The number of rotatable bonds is 4. The van der Waals surface area contributed by atoms with Gasteiger partial charge in [-0.15, -0.1) is 5.10 Å². The molecule has 1 saturated heterocycles. The number of carbonyl (C=O) groups excluding carboxylic acids is 2. The second kappa shape index (κ2) is 8.64. The van der Waals surface area contributed by atoms with E-state index in [0.29, 0.717) is 18.2 Å². The molecule has 29 heavy (non-hydrogen) atoms. The second-order valence-electron chi connectivity index (χ2n) is 5.96. The molecule has 0 saturated carbocycles. The summed E-state index contributed by atoms with van der Waals surface area (Å²) in [4.78, 5) is 27.1. The Morgan fingerprint density at radius 2 is 1.83 bits per heavy atom. The normalized spacial score (nSPS) is 14.6. The predicted octanol–water partition coefficient (Wildman–Crippen LogP) is 3.05. The number of benzene rings is 1. The fraction of sp³-hybridized carbons (Fsp3) is 0.412. The molecule has 0 atom stereocenters. The highest BCUT2D eigenvalue weighted by Crippen LogP contribution is 2.33. The molecule has 1 aromatic heterocycles. The Balaban J connectivity index is 1.62. The van der Waals surface area contributed by atoms with E-state index in [-0.39, 0.29) is 30.5 Å². The molecule has 3 rings (SSSR count). The van der Waals surface area contributed by atoms with E-state index in [2.05, 4.69) is 14.9 Å².